The third-order valence-corrected chi connectivity index (χ3v) is 5.45. The summed E-state index contributed by atoms with van der Waals surface area (Å²) in [6, 6.07) is 5.61. The van der Waals surface area contributed by atoms with Gasteiger partial charge < -0.3 is 9.47 Å². The van der Waals surface area contributed by atoms with Gasteiger partial charge >= 0.3 is 0 Å². The molecule has 1 fully saturated rings. The van der Waals surface area contributed by atoms with E-state index in [9.17, 15) is 18.0 Å². The monoisotopic (exact) mass is 370 g/mol. The lowest BCUT2D eigenvalue weighted by Gasteiger charge is -2.27. The molecule has 1 aliphatic heterocycles. The summed E-state index contributed by atoms with van der Waals surface area (Å²) in [6.07, 6.45) is 0.352. The van der Waals surface area contributed by atoms with Crippen LogP contribution in [0.15, 0.2) is 29.2 Å². The van der Waals surface area contributed by atoms with E-state index in [-0.39, 0.29) is 42.7 Å². The molecule has 9 heteroatoms. The molecule has 1 heterocycles. The molecule has 25 heavy (non-hydrogen) atoms. The molecule has 0 bridgehead atoms. The molecule has 138 valence electrons. The van der Waals surface area contributed by atoms with Gasteiger partial charge in [-0.25, -0.2) is 13.1 Å². The second kappa shape index (κ2) is 7.61. The minimum absolute atomic E-state index is 0.0323. The van der Waals surface area contributed by atoms with Crippen molar-refractivity contribution < 1.29 is 27.5 Å². The number of amides is 2. The number of nitrogens with zero attached hydrogens (tertiary/aromatic N) is 1. The molecular formula is C16H22N2O6S. The van der Waals surface area contributed by atoms with Crippen LogP contribution in [-0.2, 0) is 29.1 Å². The number of carbonyl (C=O) groups is 2. The first kappa shape index (κ1) is 19.5. The molecule has 1 aliphatic rings. The Hall–Kier alpha value is -1.81. The zero-order valence-corrected chi connectivity index (χ0v) is 15.3. The molecule has 0 aliphatic carbocycles. The van der Waals surface area contributed by atoms with Crippen LogP contribution in [0, 0.1) is 0 Å². The van der Waals surface area contributed by atoms with Crippen molar-refractivity contribution in [2.24, 2.45) is 0 Å². The molecule has 1 aromatic carbocycles. The van der Waals surface area contributed by atoms with Crippen molar-refractivity contribution in [1.82, 2.24) is 4.72 Å². The van der Waals surface area contributed by atoms with Crippen LogP contribution in [0.25, 0.3) is 0 Å². The summed E-state index contributed by atoms with van der Waals surface area (Å²) in [4.78, 5) is 24.6. The van der Waals surface area contributed by atoms with Gasteiger partial charge in [-0.15, -0.1) is 0 Å². The number of ether oxygens (including phenoxy) is 2. The van der Waals surface area contributed by atoms with Gasteiger partial charge in [-0.1, -0.05) is 0 Å². The number of sulfonamides is 1. The Bertz CT molecular complexity index is 730. The maximum absolute atomic E-state index is 12.4. The van der Waals surface area contributed by atoms with Crippen LogP contribution in [0.1, 0.15) is 19.8 Å². The molecule has 2 amide bonds. The quantitative estimate of drug-likeness (QED) is 0.675. The zero-order chi connectivity index (χ0) is 18.7. The normalized spacial score (nSPS) is 17.8. The average Bonchev–Trinajstić information content (AvgIpc) is 2.92. The van der Waals surface area contributed by atoms with Gasteiger partial charge in [0.1, 0.15) is 5.60 Å². The van der Waals surface area contributed by atoms with E-state index in [1.807, 2.05) is 0 Å². The summed E-state index contributed by atoms with van der Waals surface area (Å²) in [7, 11) is -0.779. The van der Waals surface area contributed by atoms with E-state index in [1.165, 1.54) is 38.5 Å². The first-order valence-corrected chi connectivity index (χ1v) is 9.20. The molecule has 0 radical (unpaired) electrons. The fourth-order valence-electron chi connectivity index (χ4n) is 2.46. The Morgan fingerprint density at radius 3 is 2.16 bits per heavy atom. The van der Waals surface area contributed by atoms with E-state index in [2.05, 4.69) is 4.72 Å². The fourth-order valence-corrected chi connectivity index (χ4v) is 3.61. The van der Waals surface area contributed by atoms with Crippen LogP contribution in [-0.4, -0.2) is 53.2 Å². The minimum Gasteiger partial charge on any atom is -0.382 e. The van der Waals surface area contributed by atoms with Gasteiger partial charge in [0.05, 0.1) is 17.2 Å². The Morgan fingerprint density at radius 1 is 1.12 bits per heavy atom. The van der Waals surface area contributed by atoms with E-state index in [4.69, 9.17) is 9.47 Å². The lowest BCUT2D eigenvalue weighted by Crippen LogP contribution is -2.45. The van der Waals surface area contributed by atoms with Gasteiger partial charge in [-0.3, -0.25) is 14.5 Å². The number of hydrogen-bond donors (Lipinski definition) is 1. The summed E-state index contributed by atoms with van der Waals surface area (Å²) >= 11 is 0. The van der Waals surface area contributed by atoms with Crippen molar-refractivity contribution >= 4 is 27.5 Å². The van der Waals surface area contributed by atoms with E-state index >= 15 is 0 Å². The van der Waals surface area contributed by atoms with Crippen molar-refractivity contribution in [3.8, 4) is 0 Å². The van der Waals surface area contributed by atoms with Crippen molar-refractivity contribution in [3.05, 3.63) is 24.3 Å². The van der Waals surface area contributed by atoms with Gasteiger partial charge in [0.2, 0.25) is 21.8 Å². The van der Waals surface area contributed by atoms with E-state index < -0.39 is 15.6 Å². The van der Waals surface area contributed by atoms with Crippen molar-refractivity contribution in [2.45, 2.75) is 30.3 Å². The molecule has 0 aromatic heterocycles. The number of hydrogen-bond acceptors (Lipinski definition) is 6. The highest BCUT2D eigenvalue weighted by Gasteiger charge is 2.31. The van der Waals surface area contributed by atoms with Crippen LogP contribution >= 0.6 is 0 Å². The molecule has 1 N–H and O–H groups in total. The van der Waals surface area contributed by atoms with Gasteiger partial charge in [0.15, 0.2) is 0 Å². The Kier molecular flexibility index (Phi) is 5.94. The number of nitrogens with one attached hydrogen (secondary N) is 1. The Labute approximate surface area is 147 Å². The number of benzene rings is 1. The average molecular weight is 370 g/mol. The first-order chi connectivity index (χ1) is 11.7. The molecule has 0 saturated carbocycles. The highest BCUT2D eigenvalue weighted by molar-refractivity contribution is 7.89. The lowest BCUT2D eigenvalue weighted by molar-refractivity contribution is -0.121. The van der Waals surface area contributed by atoms with E-state index in [0.29, 0.717) is 5.69 Å². The molecule has 0 spiro atoms. The number of anilines is 1. The van der Waals surface area contributed by atoms with E-state index in [0.717, 1.165) is 4.90 Å². The van der Waals surface area contributed by atoms with Crippen molar-refractivity contribution in [3.63, 3.8) is 0 Å². The SMILES string of the molecule is COC[C@@](C)(CNS(=O)(=O)c1ccc(N2C(=O)CCC2=O)cc1)OC. The van der Waals surface area contributed by atoms with Gasteiger partial charge in [-0.2, -0.15) is 0 Å². The molecule has 2 rings (SSSR count). The molecule has 8 nitrogen and oxygen atoms in total. The van der Waals surface area contributed by atoms with E-state index in [1.54, 1.807) is 6.92 Å². The summed E-state index contributed by atoms with van der Waals surface area (Å²) in [5, 5.41) is 0. The smallest absolute Gasteiger partial charge is 0.240 e. The summed E-state index contributed by atoms with van der Waals surface area (Å²) in [5.41, 5.74) is -0.427. The van der Waals surface area contributed by atoms with Gasteiger partial charge in [-0.05, 0) is 31.2 Å². The third kappa shape index (κ3) is 4.43. The molecule has 1 atom stereocenters. The standard InChI is InChI=1S/C16H22N2O6S/c1-16(24-3,11-23-2)10-17-25(21,22)13-6-4-12(5-7-13)18-14(19)8-9-15(18)20/h4-7,17H,8-11H2,1-3H3/t16-/m1/s1. The van der Waals surface area contributed by atoms with Gasteiger partial charge in [0.25, 0.3) is 0 Å². The van der Waals surface area contributed by atoms with Crippen LogP contribution in [0.2, 0.25) is 0 Å². The van der Waals surface area contributed by atoms with Crippen LogP contribution in [0.3, 0.4) is 0 Å². The second-order valence-corrected chi connectivity index (χ2v) is 7.80. The highest BCUT2D eigenvalue weighted by Crippen LogP contribution is 2.24. The predicted octanol–water partition coefficient (Wildman–Crippen LogP) is 0.670. The molecule has 1 saturated heterocycles. The zero-order valence-electron chi connectivity index (χ0n) is 14.4. The van der Waals surface area contributed by atoms with Crippen LogP contribution < -0.4 is 9.62 Å². The maximum Gasteiger partial charge on any atom is 0.240 e. The largest absolute Gasteiger partial charge is 0.382 e. The topological polar surface area (TPSA) is 102 Å². The fraction of sp³-hybridized carbons (Fsp3) is 0.500. The number of methoxy groups -OCH3 is 2. The number of carbonyl (C=O) groups excluding carboxylic acids is 2. The van der Waals surface area contributed by atoms with Crippen molar-refractivity contribution in [1.29, 1.82) is 0 Å². The number of imide groups is 1. The Morgan fingerprint density at radius 2 is 1.68 bits per heavy atom. The first-order valence-electron chi connectivity index (χ1n) is 7.72. The number of rotatable bonds is 8. The molecule has 0 unspecified atom stereocenters. The van der Waals surface area contributed by atoms with Crippen molar-refractivity contribution in [2.75, 3.05) is 32.3 Å². The predicted molar refractivity (Wildman–Crippen MR) is 90.6 cm³/mol. The summed E-state index contributed by atoms with van der Waals surface area (Å²) in [5.74, 6) is -0.566. The summed E-state index contributed by atoms with van der Waals surface area (Å²) in [6.45, 7) is 1.99. The summed E-state index contributed by atoms with van der Waals surface area (Å²) < 4.78 is 37.6. The van der Waals surface area contributed by atoms with Gasteiger partial charge in [0, 0.05) is 33.6 Å². The maximum atomic E-state index is 12.4. The second-order valence-electron chi connectivity index (χ2n) is 6.03. The highest BCUT2D eigenvalue weighted by atomic mass is 32.2. The Balaban J connectivity index is 2.12. The lowest BCUT2D eigenvalue weighted by atomic mass is 10.1. The van der Waals surface area contributed by atoms with Crippen LogP contribution in [0.4, 0.5) is 5.69 Å². The van der Waals surface area contributed by atoms with Crippen LogP contribution in [0.5, 0.6) is 0 Å². The molecule has 1 aromatic rings. The third-order valence-electron chi connectivity index (χ3n) is 4.04. The molecular weight excluding hydrogens is 348 g/mol. The minimum atomic E-state index is -3.76.